The maximum absolute atomic E-state index is 11.7. The Labute approximate surface area is 101 Å². The van der Waals surface area contributed by atoms with Crippen LogP contribution >= 0.6 is 0 Å². The molecule has 17 heavy (non-hydrogen) atoms. The normalized spacial score (nSPS) is 12.9. The number of aromatic nitrogens is 1. The molecular formula is C12H16N2O3. The van der Waals surface area contributed by atoms with Crippen molar-refractivity contribution in [3.63, 3.8) is 0 Å². The molecule has 0 N–H and O–H groups in total. The van der Waals surface area contributed by atoms with E-state index in [1.54, 1.807) is 6.92 Å². The number of carbonyl (C=O) groups excluding carboxylic acids is 1. The molecule has 1 heterocycles. The lowest BCUT2D eigenvalue weighted by atomic mass is 10.1. The maximum atomic E-state index is 11.7. The highest BCUT2D eigenvalue weighted by Crippen LogP contribution is 2.18. The van der Waals surface area contributed by atoms with Crippen LogP contribution in [0, 0.1) is 12.5 Å². The van der Waals surface area contributed by atoms with Crippen LogP contribution in [0.4, 0.5) is 5.82 Å². The molecule has 0 amide bonds. The van der Waals surface area contributed by atoms with Crippen molar-refractivity contribution in [3.05, 3.63) is 23.2 Å². The number of rotatable bonds is 3. The van der Waals surface area contributed by atoms with E-state index in [-0.39, 0.29) is 17.7 Å². The SMILES string of the molecule is [C-]#[N+]c1cc(C[C@H](C)C(=O)OC(C)(C)C)on1. The quantitative estimate of drug-likeness (QED) is 0.598. The van der Waals surface area contributed by atoms with Crippen molar-refractivity contribution < 1.29 is 14.1 Å². The van der Waals surface area contributed by atoms with Gasteiger partial charge in [-0.3, -0.25) is 9.32 Å². The van der Waals surface area contributed by atoms with Crippen molar-refractivity contribution in [3.8, 4) is 0 Å². The predicted molar refractivity (Wildman–Crippen MR) is 61.5 cm³/mol. The Hall–Kier alpha value is -1.83. The second-order valence-corrected chi connectivity index (χ2v) is 4.90. The van der Waals surface area contributed by atoms with Crippen LogP contribution in [0.1, 0.15) is 33.5 Å². The fourth-order valence-corrected chi connectivity index (χ4v) is 1.24. The van der Waals surface area contributed by atoms with Gasteiger partial charge in [0, 0.05) is 12.5 Å². The van der Waals surface area contributed by atoms with Crippen molar-refractivity contribution in [1.82, 2.24) is 5.16 Å². The molecule has 0 unspecified atom stereocenters. The van der Waals surface area contributed by atoms with Crippen LogP contribution in [0.2, 0.25) is 0 Å². The Morgan fingerprint density at radius 1 is 1.65 bits per heavy atom. The van der Waals surface area contributed by atoms with E-state index in [0.717, 1.165) is 0 Å². The van der Waals surface area contributed by atoms with Crippen LogP contribution in [-0.4, -0.2) is 16.7 Å². The summed E-state index contributed by atoms with van der Waals surface area (Å²) in [5.74, 6) is 0.129. The third-order valence-electron chi connectivity index (χ3n) is 1.98. The highest BCUT2D eigenvalue weighted by Gasteiger charge is 2.23. The Bertz CT molecular complexity index is 437. The molecule has 0 aliphatic carbocycles. The summed E-state index contributed by atoms with van der Waals surface area (Å²) in [4.78, 5) is 14.8. The van der Waals surface area contributed by atoms with Crippen molar-refractivity contribution in [2.24, 2.45) is 5.92 Å². The average Bonchev–Trinajstić information content (AvgIpc) is 2.62. The van der Waals surface area contributed by atoms with Crippen LogP contribution < -0.4 is 0 Å². The summed E-state index contributed by atoms with van der Waals surface area (Å²) in [6, 6.07) is 1.54. The number of hydrogen-bond acceptors (Lipinski definition) is 4. The smallest absolute Gasteiger partial charge is 0.318 e. The Morgan fingerprint density at radius 2 is 2.29 bits per heavy atom. The fraction of sp³-hybridized carbons (Fsp3) is 0.583. The Kier molecular flexibility index (Phi) is 3.89. The molecule has 0 aliphatic rings. The minimum atomic E-state index is -0.492. The predicted octanol–water partition coefficient (Wildman–Crippen LogP) is 2.75. The maximum Gasteiger partial charge on any atom is 0.318 e. The van der Waals surface area contributed by atoms with E-state index in [9.17, 15) is 4.79 Å². The van der Waals surface area contributed by atoms with Crippen LogP contribution in [0.25, 0.3) is 4.85 Å². The van der Waals surface area contributed by atoms with Gasteiger partial charge in [0.1, 0.15) is 5.60 Å². The number of hydrogen-bond donors (Lipinski definition) is 0. The second kappa shape index (κ2) is 5.00. The topological polar surface area (TPSA) is 56.7 Å². The molecule has 92 valence electrons. The van der Waals surface area contributed by atoms with E-state index in [1.165, 1.54) is 6.07 Å². The third-order valence-corrected chi connectivity index (χ3v) is 1.98. The zero-order valence-corrected chi connectivity index (χ0v) is 10.5. The van der Waals surface area contributed by atoms with Gasteiger partial charge in [-0.25, -0.2) is 0 Å². The first-order chi connectivity index (χ1) is 7.81. The number of nitrogens with zero attached hydrogens (tertiary/aromatic N) is 2. The lowest BCUT2D eigenvalue weighted by Gasteiger charge is -2.21. The Balaban J connectivity index is 2.57. The molecule has 0 saturated heterocycles. The summed E-state index contributed by atoms with van der Waals surface area (Å²) in [5, 5.41) is 3.54. The first kappa shape index (κ1) is 13.2. The third kappa shape index (κ3) is 4.27. The summed E-state index contributed by atoms with van der Waals surface area (Å²) in [7, 11) is 0. The van der Waals surface area contributed by atoms with Gasteiger partial charge in [0.05, 0.1) is 11.1 Å². The Morgan fingerprint density at radius 3 is 2.76 bits per heavy atom. The second-order valence-electron chi connectivity index (χ2n) is 4.90. The van der Waals surface area contributed by atoms with Gasteiger partial charge < -0.3 is 9.58 Å². The first-order valence-electron chi connectivity index (χ1n) is 5.38. The molecule has 5 nitrogen and oxygen atoms in total. The van der Waals surface area contributed by atoms with Crippen LogP contribution in [0.5, 0.6) is 0 Å². The molecule has 0 fully saturated rings. The summed E-state index contributed by atoms with van der Waals surface area (Å²) >= 11 is 0. The molecule has 0 bridgehead atoms. The summed E-state index contributed by atoms with van der Waals surface area (Å²) in [6.45, 7) is 14.0. The number of esters is 1. The fourth-order valence-electron chi connectivity index (χ4n) is 1.24. The molecule has 1 atom stereocenters. The van der Waals surface area contributed by atoms with Crippen LogP contribution in [0.15, 0.2) is 10.6 Å². The number of ether oxygens (including phenoxy) is 1. The van der Waals surface area contributed by atoms with E-state index in [0.29, 0.717) is 12.2 Å². The molecule has 1 aromatic heterocycles. The summed E-state index contributed by atoms with van der Waals surface area (Å²) < 4.78 is 10.2. The van der Waals surface area contributed by atoms with Crippen molar-refractivity contribution in [1.29, 1.82) is 0 Å². The average molecular weight is 236 g/mol. The van der Waals surface area contributed by atoms with Crippen LogP contribution in [-0.2, 0) is 16.0 Å². The molecule has 0 aromatic carbocycles. The van der Waals surface area contributed by atoms with Crippen LogP contribution in [0.3, 0.4) is 0 Å². The van der Waals surface area contributed by atoms with Gasteiger partial charge in [0.2, 0.25) is 0 Å². The molecule has 0 saturated carbocycles. The van der Waals surface area contributed by atoms with Gasteiger partial charge in [-0.15, -0.1) is 0 Å². The highest BCUT2D eigenvalue weighted by molar-refractivity contribution is 5.72. The minimum Gasteiger partial charge on any atom is -0.460 e. The van der Waals surface area contributed by atoms with Crippen molar-refractivity contribution in [2.75, 3.05) is 0 Å². The monoisotopic (exact) mass is 236 g/mol. The van der Waals surface area contributed by atoms with Gasteiger partial charge >= 0.3 is 11.8 Å². The van der Waals surface area contributed by atoms with Gasteiger partial charge in [0.15, 0.2) is 5.76 Å². The summed E-state index contributed by atoms with van der Waals surface area (Å²) in [5.41, 5.74) is -0.492. The van der Waals surface area contributed by atoms with Gasteiger partial charge in [-0.05, 0) is 20.8 Å². The lowest BCUT2D eigenvalue weighted by Crippen LogP contribution is -2.28. The molecule has 0 radical (unpaired) electrons. The lowest BCUT2D eigenvalue weighted by molar-refractivity contribution is -0.159. The van der Waals surface area contributed by atoms with E-state index >= 15 is 0 Å². The van der Waals surface area contributed by atoms with Gasteiger partial charge in [0.25, 0.3) is 0 Å². The van der Waals surface area contributed by atoms with E-state index in [2.05, 4.69) is 10.0 Å². The van der Waals surface area contributed by atoms with E-state index < -0.39 is 5.60 Å². The first-order valence-corrected chi connectivity index (χ1v) is 5.38. The van der Waals surface area contributed by atoms with Crippen molar-refractivity contribution >= 4 is 11.8 Å². The standard InChI is InChI=1S/C12H16N2O3/c1-8(11(15)16-12(2,3)4)6-9-7-10(13-5)14-17-9/h7-8H,6H2,1-4H3/t8-/m0/s1. The van der Waals surface area contributed by atoms with Gasteiger partial charge in [-0.1, -0.05) is 13.5 Å². The molecule has 0 aliphatic heterocycles. The molecular weight excluding hydrogens is 220 g/mol. The number of carbonyl (C=O) groups is 1. The summed E-state index contributed by atoms with van der Waals surface area (Å²) in [6.07, 6.45) is 0.386. The van der Waals surface area contributed by atoms with E-state index in [4.69, 9.17) is 15.8 Å². The van der Waals surface area contributed by atoms with E-state index in [1.807, 2.05) is 20.8 Å². The zero-order valence-electron chi connectivity index (χ0n) is 10.5. The molecule has 1 rings (SSSR count). The largest absolute Gasteiger partial charge is 0.460 e. The van der Waals surface area contributed by atoms with Crippen molar-refractivity contribution in [2.45, 2.75) is 39.7 Å². The minimum absolute atomic E-state index is 0.205. The molecule has 1 aromatic rings. The van der Waals surface area contributed by atoms with Gasteiger partial charge in [-0.2, -0.15) is 0 Å². The highest BCUT2D eigenvalue weighted by atomic mass is 16.6. The zero-order chi connectivity index (χ0) is 13.1. The molecule has 0 spiro atoms. The molecule has 5 heteroatoms.